The number of aliphatic hydroxyl groups is 1. The van der Waals surface area contributed by atoms with E-state index in [9.17, 15) is 14.7 Å². The van der Waals surface area contributed by atoms with Crippen molar-refractivity contribution < 1.29 is 9.90 Å². The highest BCUT2D eigenvalue weighted by Crippen LogP contribution is 2.30. The Morgan fingerprint density at radius 2 is 2.17 bits per heavy atom. The highest BCUT2D eigenvalue weighted by atomic mass is 16.3. The second kappa shape index (κ2) is 4.53. The summed E-state index contributed by atoms with van der Waals surface area (Å²) in [5, 5.41) is 12.4. The molecule has 0 saturated heterocycles. The molecule has 0 spiro atoms. The Bertz CT molecular complexity index is 532. The van der Waals surface area contributed by atoms with Crippen LogP contribution < -0.4 is 10.9 Å². The molecule has 1 fully saturated rings. The minimum atomic E-state index is -0.803. The molecule has 3 N–H and O–H groups in total. The van der Waals surface area contributed by atoms with Gasteiger partial charge in [-0.15, -0.1) is 0 Å². The molecular formula is C12H17N3O3. The predicted molar refractivity (Wildman–Crippen MR) is 65.5 cm³/mol. The summed E-state index contributed by atoms with van der Waals surface area (Å²) in [5.41, 5.74) is -0.198. The van der Waals surface area contributed by atoms with Crippen molar-refractivity contribution in [2.75, 3.05) is 6.54 Å². The zero-order valence-electron chi connectivity index (χ0n) is 10.5. The van der Waals surface area contributed by atoms with Crippen molar-refractivity contribution in [3.63, 3.8) is 0 Å². The number of aromatic nitrogens is 2. The summed E-state index contributed by atoms with van der Waals surface area (Å²) in [7, 11) is 0. The molecule has 1 amide bonds. The lowest BCUT2D eigenvalue weighted by Crippen LogP contribution is -2.48. The van der Waals surface area contributed by atoms with E-state index in [4.69, 9.17) is 0 Å². The summed E-state index contributed by atoms with van der Waals surface area (Å²) in [5.74, 6) is -0.542. The van der Waals surface area contributed by atoms with Gasteiger partial charge in [0.15, 0.2) is 5.69 Å². The molecule has 0 aromatic carbocycles. The van der Waals surface area contributed by atoms with Gasteiger partial charge in [0, 0.05) is 12.2 Å². The van der Waals surface area contributed by atoms with Crippen LogP contribution in [0, 0.1) is 13.8 Å². The van der Waals surface area contributed by atoms with Crippen LogP contribution in [-0.2, 0) is 0 Å². The minimum Gasteiger partial charge on any atom is -0.388 e. The molecule has 1 aliphatic rings. The number of carbonyl (C=O) groups is 1. The zero-order chi connectivity index (χ0) is 13.3. The fraction of sp³-hybridized carbons (Fsp3) is 0.583. The van der Waals surface area contributed by atoms with Crippen LogP contribution in [0.15, 0.2) is 4.79 Å². The first-order valence-corrected chi connectivity index (χ1v) is 5.99. The van der Waals surface area contributed by atoms with Gasteiger partial charge in [0.2, 0.25) is 0 Å². The van der Waals surface area contributed by atoms with Gasteiger partial charge in [-0.3, -0.25) is 9.59 Å². The predicted octanol–water partition coefficient (Wildman–Crippen LogP) is 0.0315. The molecule has 0 atom stereocenters. The van der Waals surface area contributed by atoms with Crippen LogP contribution in [0.25, 0.3) is 0 Å². The third kappa shape index (κ3) is 2.43. The first kappa shape index (κ1) is 12.8. The SMILES string of the molecule is Cc1nc(C(=O)NCC2(O)CCC2)c(=O)[nH]c1C. The molecule has 0 bridgehead atoms. The van der Waals surface area contributed by atoms with Gasteiger partial charge in [-0.05, 0) is 33.1 Å². The Balaban J connectivity index is 2.09. The van der Waals surface area contributed by atoms with Gasteiger partial charge < -0.3 is 15.4 Å². The number of carbonyl (C=O) groups excluding carboxylic acids is 1. The van der Waals surface area contributed by atoms with Crippen LogP contribution in [0.2, 0.25) is 0 Å². The highest BCUT2D eigenvalue weighted by molar-refractivity contribution is 5.91. The molecule has 98 valence electrons. The number of H-pyrrole nitrogens is 1. The number of hydrogen-bond donors (Lipinski definition) is 3. The fourth-order valence-electron chi connectivity index (χ4n) is 1.87. The number of amides is 1. The van der Waals surface area contributed by atoms with Gasteiger partial charge >= 0.3 is 0 Å². The Morgan fingerprint density at radius 3 is 2.72 bits per heavy atom. The van der Waals surface area contributed by atoms with E-state index in [1.165, 1.54) is 0 Å². The molecule has 1 aliphatic carbocycles. The average molecular weight is 251 g/mol. The Kier molecular flexibility index (Phi) is 3.21. The van der Waals surface area contributed by atoms with Crippen LogP contribution >= 0.6 is 0 Å². The lowest BCUT2D eigenvalue weighted by atomic mass is 9.80. The molecule has 1 heterocycles. The number of aryl methyl sites for hydroxylation is 2. The summed E-state index contributed by atoms with van der Waals surface area (Å²) in [6, 6.07) is 0. The summed E-state index contributed by atoms with van der Waals surface area (Å²) in [6.45, 7) is 3.61. The maximum Gasteiger partial charge on any atom is 0.279 e. The van der Waals surface area contributed by atoms with E-state index in [1.807, 2.05) is 0 Å². The van der Waals surface area contributed by atoms with Crippen molar-refractivity contribution in [3.8, 4) is 0 Å². The quantitative estimate of drug-likeness (QED) is 0.706. The molecule has 0 unspecified atom stereocenters. The van der Waals surface area contributed by atoms with E-state index in [0.717, 1.165) is 6.42 Å². The van der Waals surface area contributed by atoms with E-state index in [0.29, 0.717) is 24.2 Å². The van der Waals surface area contributed by atoms with Crippen molar-refractivity contribution in [2.24, 2.45) is 0 Å². The summed E-state index contributed by atoms with van der Waals surface area (Å²) >= 11 is 0. The van der Waals surface area contributed by atoms with Crippen LogP contribution in [-0.4, -0.2) is 33.1 Å². The average Bonchev–Trinajstić information content (AvgIpc) is 2.28. The number of nitrogens with one attached hydrogen (secondary N) is 2. The van der Waals surface area contributed by atoms with Crippen molar-refractivity contribution in [2.45, 2.75) is 38.7 Å². The van der Waals surface area contributed by atoms with Gasteiger partial charge in [-0.1, -0.05) is 0 Å². The molecule has 1 aromatic rings. The van der Waals surface area contributed by atoms with E-state index in [2.05, 4.69) is 15.3 Å². The maximum absolute atomic E-state index is 11.8. The van der Waals surface area contributed by atoms with Crippen molar-refractivity contribution in [3.05, 3.63) is 27.4 Å². The molecule has 6 nitrogen and oxygen atoms in total. The molecular weight excluding hydrogens is 234 g/mol. The van der Waals surface area contributed by atoms with Crippen molar-refractivity contribution in [1.29, 1.82) is 0 Å². The third-order valence-corrected chi connectivity index (χ3v) is 3.42. The highest BCUT2D eigenvalue weighted by Gasteiger charge is 2.34. The standard InChI is InChI=1S/C12H17N3O3/c1-7-8(2)15-11(17)9(14-7)10(16)13-6-12(18)4-3-5-12/h18H,3-6H2,1-2H3,(H,13,16)(H,15,17). The number of hydrogen-bond acceptors (Lipinski definition) is 4. The monoisotopic (exact) mass is 251 g/mol. The Hall–Kier alpha value is -1.69. The normalized spacial score (nSPS) is 17.1. The lowest BCUT2D eigenvalue weighted by molar-refractivity contribution is -0.0301. The molecule has 18 heavy (non-hydrogen) atoms. The molecule has 2 rings (SSSR count). The molecule has 1 aromatic heterocycles. The smallest absolute Gasteiger partial charge is 0.279 e. The molecule has 0 radical (unpaired) electrons. The van der Waals surface area contributed by atoms with Crippen LogP contribution in [0.3, 0.4) is 0 Å². The fourth-order valence-corrected chi connectivity index (χ4v) is 1.87. The zero-order valence-corrected chi connectivity index (χ0v) is 10.5. The lowest BCUT2D eigenvalue weighted by Gasteiger charge is -2.36. The number of rotatable bonds is 3. The first-order valence-electron chi connectivity index (χ1n) is 5.99. The largest absolute Gasteiger partial charge is 0.388 e. The first-order chi connectivity index (χ1) is 8.41. The number of aromatic amines is 1. The summed E-state index contributed by atoms with van der Waals surface area (Å²) in [4.78, 5) is 30.0. The molecule has 1 saturated carbocycles. The van der Waals surface area contributed by atoms with E-state index >= 15 is 0 Å². The number of nitrogens with zero attached hydrogens (tertiary/aromatic N) is 1. The van der Waals surface area contributed by atoms with Crippen molar-refractivity contribution in [1.82, 2.24) is 15.3 Å². The van der Waals surface area contributed by atoms with Crippen molar-refractivity contribution >= 4 is 5.91 Å². The van der Waals surface area contributed by atoms with Crippen LogP contribution in [0.5, 0.6) is 0 Å². The summed E-state index contributed by atoms with van der Waals surface area (Å²) in [6.07, 6.45) is 2.34. The topological polar surface area (TPSA) is 95.1 Å². The van der Waals surface area contributed by atoms with Gasteiger partial charge in [0.25, 0.3) is 11.5 Å². The maximum atomic E-state index is 11.8. The van der Waals surface area contributed by atoms with Gasteiger partial charge in [0.1, 0.15) is 0 Å². The van der Waals surface area contributed by atoms with Gasteiger partial charge in [0.05, 0.1) is 11.3 Å². The Morgan fingerprint density at radius 1 is 1.50 bits per heavy atom. The second-order valence-corrected chi connectivity index (χ2v) is 4.89. The minimum absolute atomic E-state index is 0.152. The van der Waals surface area contributed by atoms with E-state index in [1.54, 1.807) is 13.8 Å². The Labute approximate surface area is 104 Å². The van der Waals surface area contributed by atoms with Crippen LogP contribution in [0.1, 0.15) is 41.1 Å². The van der Waals surface area contributed by atoms with Gasteiger partial charge in [-0.2, -0.15) is 0 Å². The van der Waals surface area contributed by atoms with Gasteiger partial charge in [-0.25, -0.2) is 4.98 Å². The van der Waals surface area contributed by atoms with E-state index in [-0.39, 0.29) is 12.2 Å². The second-order valence-electron chi connectivity index (χ2n) is 4.89. The molecule has 0 aliphatic heterocycles. The van der Waals surface area contributed by atoms with Crippen LogP contribution in [0.4, 0.5) is 0 Å². The molecule has 6 heteroatoms. The summed E-state index contributed by atoms with van der Waals surface area (Å²) < 4.78 is 0. The van der Waals surface area contributed by atoms with E-state index < -0.39 is 17.1 Å². The third-order valence-electron chi connectivity index (χ3n) is 3.42.